The summed E-state index contributed by atoms with van der Waals surface area (Å²) in [5, 5.41) is 2.49. The van der Waals surface area contributed by atoms with Crippen molar-refractivity contribution in [3.8, 4) is 11.3 Å². The lowest BCUT2D eigenvalue weighted by atomic mass is 10.1. The minimum absolute atomic E-state index is 0.802. The van der Waals surface area contributed by atoms with Gasteiger partial charge in [-0.3, -0.25) is 0 Å². The second-order valence-electron chi connectivity index (χ2n) is 4.05. The maximum absolute atomic E-state index is 4.44. The highest BCUT2D eigenvalue weighted by atomic mass is 14.9. The maximum Gasteiger partial charge on any atom is 0.125 e. The van der Waals surface area contributed by atoms with Gasteiger partial charge in [-0.05, 0) is 29.8 Å². The predicted molar refractivity (Wildman–Crippen MR) is 69.7 cm³/mol. The summed E-state index contributed by atoms with van der Waals surface area (Å²) >= 11 is 0. The third kappa shape index (κ3) is 1.89. The summed E-state index contributed by atoms with van der Waals surface area (Å²) in [5.41, 5.74) is 2.11. The van der Waals surface area contributed by atoms with Gasteiger partial charge in [0.25, 0.3) is 0 Å². The molecule has 2 heteroatoms. The molecule has 3 rings (SSSR count). The van der Waals surface area contributed by atoms with Gasteiger partial charge in [0.05, 0.1) is 5.69 Å². The van der Waals surface area contributed by atoms with E-state index < -0.39 is 0 Å². The summed E-state index contributed by atoms with van der Waals surface area (Å²) < 4.78 is 0. The lowest BCUT2D eigenvalue weighted by Gasteiger charge is -2.03. The van der Waals surface area contributed by atoms with Crippen molar-refractivity contribution < 1.29 is 0 Å². The molecule has 17 heavy (non-hydrogen) atoms. The van der Waals surface area contributed by atoms with Crippen molar-refractivity contribution in [1.29, 1.82) is 0 Å². The molecular formula is C15H12N2. The second-order valence-corrected chi connectivity index (χ2v) is 4.05. The van der Waals surface area contributed by atoms with Gasteiger partial charge in [0.1, 0.15) is 5.82 Å². The minimum atomic E-state index is 0.802. The first-order valence-corrected chi connectivity index (χ1v) is 5.62. The summed E-state index contributed by atoms with van der Waals surface area (Å²) in [6, 6.07) is 16.7. The molecule has 0 radical (unpaired) electrons. The first kappa shape index (κ1) is 9.97. The maximum atomic E-state index is 4.44. The van der Waals surface area contributed by atoms with Gasteiger partial charge in [0.2, 0.25) is 0 Å². The third-order valence-corrected chi connectivity index (χ3v) is 2.82. The first-order chi connectivity index (χ1) is 8.33. The summed E-state index contributed by atoms with van der Waals surface area (Å²) in [6.07, 6.45) is 1.80. The highest BCUT2D eigenvalue weighted by Gasteiger charge is 2.01. The predicted octanol–water partition coefficient (Wildman–Crippen LogP) is 3.61. The number of aryl methyl sites for hydroxylation is 1. The largest absolute Gasteiger partial charge is 0.242 e. The van der Waals surface area contributed by atoms with E-state index in [9.17, 15) is 0 Å². The van der Waals surface area contributed by atoms with Gasteiger partial charge in [-0.25, -0.2) is 9.97 Å². The molecule has 0 saturated carbocycles. The van der Waals surface area contributed by atoms with E-state index in [1.165, 1.54) is 10.8 Å². The van der Waals surface area contributed by atoms with Crippen molar-refractivity contribution in [2.45, 2.75) is 6.92 Å². The molecular weight excluding hydrogens is 208 g/mol. The van der Waals surface area contributed by atoms with Crippen LogP contribution >= 0.6 is 0 Å². The normalized spacial score (nSPS) is 10.6. The van der Waals surface area contributed by atoms with Crippen LogP contribution in [0.2, 0.25) is 0 Å². The molecule has 0 atom stereocenters. The summed E-state index contributed by atoms with van der Waals surface area (Å²) in [5.74, 6) is 0.802. The molecule has 2 aromatic carbocycles. The Morgan fingerprint density at radius 2 is 1.71 bits per heavy atom. The van der Waals surface area contributed by atoms with Crippen LogP contribution in [0.15, 0.2) is 54.7 Å². The highest BCUT2D eigenvalue weighted by molar-refractivity contribution is 5.86. The zero-order valence-corrected chi connectivity index (χ0v) is 9.59. The summed E-state index contributed by atoms with van der Waals surface area (Å²) in [4.78, 5) is 8.56. The molecule has 2 nitrogen and oxygen atoms in total. The Morgan fingerprint density at radius 1 is 0.882 bits per heavy atom. The summed E-state index contributed by atoms with van der Waals surface area (Å²) in [7, 11) is 0. The Labute approximate surface area is 100.0 Å². The SMILES string of the molecule is Cc1nccc(-c2ccc3ccccc3c2)n1. The van der Waals surface area contributed by atoms with Crippen molar-refractivity contribution >= 4 is 10.8 Å². The van der Waals surface area contributed by atoms with Gasteiger partial charge in [-0.2, -0.15) is 0 Å². The lowest BCUT2D eigenvalue weighted by Crippen LogP contribution is -1.89. The van der Waals surface area contributed by atoms with Crippen LogP contribution in [0.25, 0.3) is 22.0 Å². The Hall–Kier alpha value is -2.22. The van der Waals surface area contributed by atoms with E-state index in [1.807, 2.05) is 13.0 Å². The molecule has 0 aliphatic heterocycles. The second kappa shape index (κ2) is 3.98. The van der Waals surface area contributed by atoms with Crippen LogP contribution in [0.4, 0.5) is 0 Å². The molecule has 0 N–H and O–H groups in total. The van der Waals surface area contributed by atoms with E-state index >= 15 is 0 Å². The van der Waals surface area contributed by atoms with Gasteiger partial charge in [0.15, 0.2) is 0 Å². The van der Waals surface area contributed by atoms with Gasteiger partial charge in [-0.15, -0.1) is 0 Å². The fourth-order valence-electron chi connectivity index (χ4n) is 1.97. The van der Waals surface area contributed by atoms with Gasteiger partial charge in [0, 0.05) is 11.8 Å². The highest BCUT2D eigenvalue weighted by Crippen LogP contribution is 2.22. The van der Waals surface area contributed by atoms with E-state index in [0.29, 0.717) is 0 Å². The Morgan fingerprint density at radius 3 is 2.53 bits per heavy atom. The van der Waals surface area contributed by atoms with Crippen LogP contribution in [-0.2, 0) is 0 Å². The summed E-state index contributed by atoms with van der Waals surface area (Å²) in [6.45, 7) is 1.91. The molecule has 0 bridgehead atoms. The number of hydrogen-bond donors (Lipinski definition) is 0. The van der Waals surface area contributed by atoms with E-state index in [1.54, 1.807) is 6.20 Å². The molecule has 1 heterocycles. The Kier molecular flexibility index (Phi) is 2.33. The molecule has 82 valence electrons. The van der Waals surface area contributed by atoms with Crippen molar-refractivity contribution in [2.75, 3.05) is 0 Å². The zero-order chi connectivity index (χ0) is 11.7. The Balaban J connectivity index is 2.18. The number of fused-ring (bicyclic) bond motifs is 1. The van der Waals surface area contributed by atoms with Crippen molar-refractivity contribution in [2.24, 2.45) is 0 Å². The van der Waals surface area contributed by atoms with Crippen molar-refractivity contribution in [3.05, 3.63) is 60.6 Å². The fraction of sp³-hybridized carbons (Fsp3) is 0.0667. The van der Waals surface area contributed by atoms with E-state index in [2.05, 4.69) is 52.4 Å². The smallest absolute Gasteiger partial charge is 0.125 e. The molecule has 1 aromatic heterocycles. The quantitative estimate of drug-likeness (QED) is 0.626. The molecule has 0 fully saturated rings. The van der Waals surface area contributed by atoms with Gasteiger partial charge < -0.3 is 0 Å². The minimum Gasteiger partial charge on any atom is -0.242 e. The molecule has 0 aliphatic carbocycles. The average molecular weight is 220 g/mol. The number of benzene rings is 2. The number of hydrogen-bond acceptors (Lipinski definition) is 2. The topological polar surface area (TPSA) is 25.8 Å². The monoisotopic (exact) mass is 220 g/mol. The molecule has 3 aromatic rings. The van der Waals surface area contributed by atoms with Crippen molar-refractivity contribution in [1.82, 2.24) is 9.97 Å². The Bertz CT molecular complexity index is 674. The van der Waals surface area contributed by atoms with Crippen LogP contribution in [-0.4, -0.2) is 9.97 Å². The standard InChI is InChI=1S/C15H12N2/c1-11-16-9-8-15(17-11)14-7-6-12-4-2-3-5-13(12)10-14/h2-10H,1H3. The third-order valence-electron chi connectivity index (χ3n) is 2.82. The first-order valence-electron chi connectivity index (χ1n) is 5.62. The molecule has 0 amide bonds. The van der Waals surface area contributed by atoms with Crippen LogP contribution in [0, 0.1) is 6.92 Å². The van der Waals surface area contributed by atoms with Crippen LogP contribution in [0.3, 0.4) is 0 Å². The van der Waals surface area contributed by atoms with E-state index in [-0.39, 0.29) is 0 Å². The van der Waals surface area contributed by atoms with Crippen LogP contribution in [0.1, 0.15) is 5.82 Å². The van der Waals surface area contributed by atoms with Crippen LogP contribution < -0.4 is 0 Å². The average Bonchev–Trinajstić information content (AvgIpc) is 2.38. The van der Waals surface area contributed by atoms with Crippen molar-refractivity contribution in [3.63, 3.8) is 0 Å². The molecule has 0 unspecified atom stereocenters. The van der Waals surface area contributed by atoms with E-state index in [0.717, 1.165) is 17.1 Å². The number of rotatable bonds is 1. The molecule has 0 aliphatic rings. The van der Waals surface area contributed by atoms with Crippen LogP contribution in [0.5, 0.6) is 0 Å². The number of aromatic nitrogens is 2. The molecule has 0 saturated heterocycles. The lowest BCUT2D eigenvalue weighted by molar-refractivity contribution is 1.06. The van der Waals surface area contributed by atoms with Gasteiger partial charge in [-0.1, -0.05) is 36.4 Å². The zero-order valence-electron chi connectivity index (χ0n) is 9.59. The van der Waals surface area contributed by atoms with E-state index in [4.69, 9.17) is 0 Å². The molecule has 0 spiro atoms. The number of nitrogens with zero attached hydrogens (tertiary/aromatic N) is 2. The van der Waals surface area contributed by atoms with Gasteiger partial charge >= 0.3 is 0 Å². The fourth-order valence-corrected chi connectivity index (χ4v) is 1.97.